The Labute approximate surface area is 178 Å². The first-order valence-electron chi connectivity index (χ1n) is 9.86. The van der Waals surface area contributed by atoms with Crippen LogP contribution in [0.2, 0.25) is 0 Å². The van der Waals surface area contributed by atoms with Crippen LogP contribution in [0, 0.1) is 6.92 Å². The third kappa shape index (κ3) is 3.48. The number of benzene rings is 1. The van der Waals surface area contributed by atoms with Gasteiger partial charge in [-0.05, 0) is 42.8 Å². The van der Waals surface area contributed by atoms with Gasteiger partial charge in [0.05, 0.1) is 22.8 Å². The van der Waals surface area contributed by atoms with Gasteiger partial charge in [0, 0.05) is 36.5 Å². The lowest BCUT2D eigenvalue weighted by atomic mass is 10.2. The summed E-state index contributed by atoms with van der Waals surface area (Å²) in [6, 6.07) is 11.9. The monoisotopic (exact) mass is 411 g/mol. The van der Waals surface area contributed by atoms with E-state index < -0.39 is 0 Å². The lowest BCUT2D eigenvalue weighted by molar-refractivity contribution is 0.306. The fourth-order valence-corrected chi connectivity index (χ4v) is 3.64. The Morgan fingerprint density at radius 1 is 1.10 bits per heavy atom. The van der Waals surface area contributed by atoms with Gasteiger partial charge >= 0.3 is 0 Å². The number of aromatic nitrogens is 5. The fraction of sp³-hybridized carbons (Fsp3) is 0.130. The largest absolute Gasteiger partial charge is 0.489 e. The molecule has 0 bridgehead atoms. The average molecular weight is 411 g/mol. The zero-order chi connectivity index (χ0) is 21.4. The number of rotatable bonds is 5. The number of anilines is 2. The molecule has 1 aromatic carbocycles. The molecule has 8 nitrogen and oxygen atoms in total. The Morgan fingerprint density at radius 2 is 1.97 bits per heavy atom. The van der Waals surface area contributed by atoms with Gasteiger partial charge in [0.25, 0.3) is 0 Å². The second kappa shape index (κ2) is 7.56. The highest BCUT2D eigenvalue weighted by atomic mass is 16.5. The standard InChI is InChI=1S/C23H21N7O/c1-14-11-30(23-21(14)22(24)27-13-28-23)17-7-15(9-26-10-17)12-31-18-5-3-16-4-6-20(25-2)29-19(16)8-18/h3-11,13H,12H2,1-2H3,(H,25,29)(H2,24,27,28). The molecule has 4 aromatic heterocycles. The van der Waals surface area contributed by atoms with Crippen molar-refractivity contribution in [2.45, 2.75) is 13.5 Å². The molecule has 0 saturated carbocycles. The molecule has 0 radical (unpaired) electrons. The van der Waals surface area contributed by atoms with Gasteiger partial charge in [-0.2, -0.15) is 0 Å². The van der Waals surface area contributed by atoms with Crippen LogP contribution in [0.1, 0.15) is 11.1 Å². The number of nitrogens with one attached hydrogen (secondary N) is 1. The van der Waals surface area contributed by atoms with E-state index in [1.54, 1.807) is 12.4 Å². The first kappa shape index (κ1) is 18.8. The Balaban J connectivity index is 1.42. The zero-order valence-corrected chi connectivity index (χ0v) is 17.2. The van der Waals surface area contributed by atoms with E-state index in [-0.39, 0.29) is 0 Å². The van der Waals surface area contributed by atoms with Crippen LogP contribution in [0.5, 0.6) is 5.75 Å². The molecule has 5 aromatic rings. The Kier molecular flexibility index (Phi) is 4.59. The van der Waals surface area contributed by atoms with Crippen LogP contribution < -0.4 is 15.8 Å². The summed E-state index contributed by atoms with van der Waals surface area (Å²) in [5.74, 6) is 2.04. The van der Waals surface area contributed by atoms with Crippen molar-refractivity contribution in [1.82, 2.24) is 24.5 Å². The number of nitrogens with two attached hydrogens (primary N) is 1. The molecule has 0 saturated heterocycles. The van der Waals surface area contributed by atoms with Crippen molar-refractivity contribution in [3.63, 3.8) is 0 Å². The molecule has 0 fully saturated rings. The van der Waals surface area contributed by atoms with Gasteiger partial charge in [-0.25, -0.2) is 15.0 Å². The molecule has 31 heavy (non-hydrogen) atoms. The average Bonchev–Trinajstić information content (AvgIpc) is 3.15. The van der Waals surface area contributed by atoms with E-state index in [1.807, 2.05) is 61.1 Å². The summed E-state index contributed by atoms with van der Waals surface area (Å²) in [6.07, 6.45) is 7.05. The number of hydrogen-bond donors (Lipinski definition) is 2. The van der Waals surface area contributed by atoms with E-state index in [9.17, 15) is 0 Å². The van der Waals surface area contributed by atoms with Crippen LogP contribution >= 0.6 is 0 Å². The first-order chi connectivity index (χ1) is 15.1. The summed E-state index contributed by atoms with van der Waals surface area (Å²) in [6.45, 7) is 2.37. The van der Waals surface area contributed by atoms with Crippen LogP contribution in [0.15, 0.2) is 61.3 Å². The molecule has 0 unspecified atom stereocenters. The van der Waals surface area contributed by atoms with Gasteiger partial charge < -0.3 is 15.8 Å². The highest BCUT2D eigenvalue weighted by Crippen LogP contribution is 2.26. The number of fused-ring (bicyclic) bond motifs is 2. The van der Waals surface area contributed by atoms with Crippen molar-refractivity contribution < 1.29 is 4.74 Å². The lowest BCUT2D eigenvalue weighted by Gasteiger charge is -2.10. The second-order valence-electron chi connectivity index (χ2n) is 7.28. The maximum atomic E-state index is 6.04. The van der Waals surface area contributed by atoms with Crippen molar-refractivity contribution in [1.29, 1.82) is 0 Å². The summed E-state index contributed by atoms with van der Waals surface area (Å²) in [7, 11) is 1.85. The van der Waals surface area contributed by atoms with E-state index in [0.717, 1.165) is 50.3 Å². The van der Waals surface area contributed by atoms with Crippen molar-refractivity contribution >= 4 is 33.6 Å². The number of ether oxygens (including phenoxy) is 1. The van der Waals surface area contributed by atoms with Crippen molar-refractivity contribution in [2.75, 3.05) is 18.1 Å². The van der Waals surface area contributed by atoms with Gasteiger partial charge in [0.1, 0.15) is 36.0 Å². The second-order valence-corrected chi connectivity index (χ2v) is 7.28. The van der Waals surface area contributed by atoms with Crippen LogP contribution in [0.4, 0.5) is 11.6 Å². The summed E-state index contributed by atoms with van der Waals surface area (Å²) in [5.41, 5.74) is 10.5. The number of hydrogen-bond acceptors (Lipinski definition) is 7. The van der Waals surface area contributed by atoms with Gasteiger partial charge in [0.2, 0.25) is 0 Å². The minimum atomic E-state index is 0.382. The smallest absolute Gasteiger partial charge is 0.150 e. The summed E-state index contributed by atoms with van der Waals surface area (Å²) < 4.78 is 7.99. The molecule has 3 N–H and O–H groups in total. The number of pyridine rings is 2. The molecule has 0 atom stereocenters. The highest BCUT2D eigenvalue weighted by molar-refractivity contribution is 5.90. The van der Waals surface area contributed by atoms with Gasteiger partial charge in [0.15, 0.2) is 0 Å². The number of aryl methyl sites for hydroxylation is 1. The van der Waals surface area contributed by atoms with Crippen LogP contribution in [0.25, 0.3) is 27.6 Å². The van der Waals surface area contributed by atoms with E-state index in [2.05, 4.69) is 25.3 Å². The maximum absolute atomic E-state index is 6.04. The maximum Gasteiger partial charge on any atom is 0.150 e. The minimum Gasteiger partial charge on any atom is -0.489 e. The Bertz CT molecular complexity index is 1410. The number of nitrogen functional groups attached to an aromatic ring is 1. The van der Waals surface area contributed by atoms with Crippen molar-refractivity contribution in [3.8, 4) is 11.4 Å². The van der Waals surface area contributed by atoms with E-state index in [4.69, 9.17) is 10.5 Å². The van der Waals surface area contributed by atoms with Crippen LogP contribution in [-0.2, 0) is 6.61 Å². The molecule has 4 heterocycles. The summed E-state index contributed by atoms with van der Waals surface area (Å²) in [4.78, 5) is 17.5. The lowest BCUT2D eigenvalue weighted by Crippen LogP contribution is -2.01. The third-order valence-corrected chi connectivity index (χ3v) is 5.19. The van der Waals surface area contributed by atoms with Crippen molar-refractivity contribution in [2.24, 2.45) is 0 Å². The third-order valence-electron chi connectivity index (χ3n) is 5.19. The molecule has 154 valence electrons. The topological polar surface area (TPSA) is 104 Å². The SMILES string of the molecule is CNc1ccc2ccc(OCc3cncc(-n4cc(C)c5c(N)ncnc54)c3)cc2n1. The first-order valence-corrected chi connectivity index (χ1v) is 9.86. The molecular weight excluding hydrogens is 390 g/mol. The molecule has 0 aliphatic carbocycles. The summed E-state index contributed by atoms with van der Waals surface area (Å²) in [5, 5.41) is 4.97. The predicted octanol–water partition coefficient (Wildman–Crippen LogP) is 3.88. The van der Waals surface area contributed by atoms with Gasteiger partial charge in [-0.15, -0.1) is 0 Å². The molecular formula is C23H21N7O. The molecule has 0 amide bonds. The quantitative estimate of drug-likeness (QED) is 0.452. The Hall–Kier alpha value is -4.20. The predicted molar refractivity (Wildman–Crippen MR) is 121 cm³/mol. The minimum absolute atomic E-state index is 0.382. The van der Waals surface area contributed by atoms with Crippen LogP contribution in [-0.4, -0.2) is 31.6 Å². The summed E-state index contributed by atoms with van der Waals surface area (Å²) >= 11 is 0. The van der Waals surface area contributed by atoms with Gasteiger partial charge in [-0.3, -0.25) is 9.55 Å². The zero-order valence-electron chi connectivity index (χ0n) is 17.2. The van der Waals surface area contributed by atoms with E-state index >= 15 is 0 Å². The highest BCUT2D eigenvalue weighted by Gasteiger charge is 2.12. The molecule has 8 heteroatoms. The molecule has 5 rings (SSSR count). The van der Waals surface area contributed by atoms with Crippen molar-refractivity contribution in [3.05, 3.63) is 72.4 Å². The molecule has 0 spiro atoms. The number of nitrogens with zero attached hydrogens (tertiary/aromatic N) is 5. The van der Waals surface area contributed by atoms with E-state index in [1.165, 1.54) is 6.33 Å². The Morgan fingerprint density at radius 3 is 2.84 bits per heavy atom. The van der Waals surface area contributed by atoms with Crippen LogP contribution in [0.3, 0.4) is 0 Å². The van der Waals surface area contributed by atoms with E-state index in [0.29, 0.717) is 12.4 Å². The van der Waals surface area contributed by atoms with Gasteiger partial charge in [-0.1, -0.05) is 0 Å². The normalized spacial score (nSPS) is 11.2. The fourth-order valence-electron chi connectivity index (χ4n) is 3.64. The molecule has 0 aliphatic rings. The molecule has 0 aliphatic heterocycles.